The molecule has 1 saturated heterocycles. The van der Waals surface area contributed by atoms with Gasteiger partial charge in [-0.1, -0.05) is 24.6 Å². The Kier molecular flexibility index (Phi) is 4.51. The third-order valence-electron chi connectivity index (χ3n) is 4.23. The van der Waals surface area contributed by atoms with Crippen LogP contribution in [-0.4, -0.2) is 27.8 Å². The van der Waals surface area contributed by atoms with Crippen LogP contribution in [0, 0.1) is 6.92 Å². The zero-order valence-corrected chi connectivity index (χ0v) is 13.3. The minimum Gasteiger partial charge on any atom is -0.339 e. The van der Waals surface area contributed by atoms with E-state index < -0.39 is 0 Å². The molecule has 2 heterocycles. The Morgan fingerprint density at radius 3 is 2.82 bits per heavy atom. The molecule has 0 bridgehead atoms. The van der Waals surface area contributed by atoms with Crippen molar-refractivity contribution in [3.05, 3.63) is 36.0 Å². The first-order chi connectivity index (χ1) is 10.8. The van der Waals surface area contributed by atoms with Crippen LogP contribution in [0.1, 0.15) is 38.2 Å². The van der Waals surface area contributed by atoms with Crippen LogP contribution in [0.25, 0.3) is 0 Å². The Labute approximate surface area is 131 Å². The molecule has 1 aromatic carbocycles. The fourth-order valence-electron chi connectivity index (χ4n) is 2.95. The number of aryl methyl sites for hydroxylation is 1. The van der Waals surface area contributed by atoms with Crippen LogP contribution in [0.2, 0.25) is 0 Å². The van der Waals surface area contributed by atoms with E-state index in [1.54, 1.807) is 6.20 Å². The maximum atomic E-state index is 4.65. The van der Waals surface area contributed by atoms with Crippen molar-refractivity contribution in [3.8, 4) is 0 Å². The van der Waals surface area contributed by atoms with Gasteiger partial charge in [0, 0.05) is 18.3 Å². The van der Waals surface area contributed by atoms with E-state index in [2.05, 4.69) is 51.4 Å². The van der Waals surface area contributed by atoms with Crippen LogP contribution >= 0.6 is 0 Å². The van der Waals surface area contributed by atoms with E-state index >= 15 is 0 Å². The molecule has 3 rings (SSSR count). The summed E-state index contributed by atoms with van der Waals surface area (Å²) in [5, 5.41) is 11.7. The number of rotatable bonds is 4. The minimum atomic E-state index is 0.533. The monoisotopic (exact) mass is 297 g/mol. The van der Waals surface area contributed by atoms with Gasteiger partial charge in [0.05, 0.1) is 6.20 Å². The van der Waals surface area contributed by atoms with Crippen LogP contribution in [0.3, 0.4) is 0 Å². The van der Waals surface area contributed by atoms with Crippen molar-refractivity contribution in [2.45, 2.75) is 45.6 Å². The SMILES string of the molecule is CCC1CCCCN1c1nncc(Nc2ccc(C)cc2)n1. The minimum absolute atomic E-state index is 0.533. The van der Waals surface area contributed by atoms with Gasteiger partial charge in [0.2, 0.25) is 5.95 Å². The number of aromatic nitrogens is 3. The molecule has 1 aliphatic heterocycles. The number of benzene rings is 1. The molecular weight excluding hydrogens is 274 g/mol. The first-order valence-corrected chi connectivity index (χ1v) is 8.06. The highest BCUT2D eigenvalue weighted by molar-refractivity contribution is 5.56. The molecule has 0 spiro atoms. The molecule has 0 saturated carbocycles. The molecule has 5 nitrogen and oxygen atoms in total. The van der Waals surface area contributed by atoms with Crippen molar-refractivity contribution in [2.24, 2.45) is 0 Å². The van der Waals surface area contributed by atoms with E-state index in [1.807, 2.05) is 12.1 Å². The first-order valence-electron chi connectivity index (χ1n) is 8.06. The second-order valence-corrected chi connectivity index (χ2v) is 5.88. The highest BCUT2D eigenvalue weighted by atomic mass is 15.3. The van der Waals surface area contributed by atoms with Crippen LogP contribution in [-0.2, 0) is 0 Å². The Morgan fingerprint density at radius 2 is 2.05 bits per heavy atom. The summed E-state index contributed by atoms with van der Waals surface area (Å²) in [6.07, 6.45) is 6.52. The van der Waals surface area contributed by atoms with E-state index in [-0.39, 0.29) is 0 Å². The summed E-state index contributed by atoms with van der Waals surface area (Å²) in [6.45, 7) is 5.33. The molecule has 116 valence electrons. The smallest absolute Gasteiger partial charge is 0.247 e. The lowest BCUT2D eigenvalue weighted by Gasteiger charge is -2.34. The summed E-state index contributed by atoms with van der Waals surface area (Å²) in [5.74, 6) is 1.48. The highest BCUT2D eigenvalue weighted by Crippen LogP contribution is 2.24. The normalized spacial score (nSPS) is 18.3. The van der Waals surface area contributed by atoms with Gasteiger partial charge < -0.3 is 10.2 Å². The number of nitrogens with one attached hydrogen (secondary N) is 1. The van der Waals surface area contributed by atoms with Crippen molar-refractivity contribution in [1.82, 2.24) is 15.2 Å². The van der Waals surface area contributed by atoms with Crippen LogP contribution in [0.5, 0.6) is 0 Å². The fraction of sp³-hybridized carbons (Fsp3) is 0.471. The number of anilines is 3. The number of hydrogen-bond donors (Lipinski definition) is 1. The Hall–Kier alpha value is -2.17. The predicted molar refractivity (Wildman–Crippen MR) is 89.6 cm³/mol. The molecule has 1 fully saturated rings. The quantitative estimate of drug-likeness (QED) is 0.932. The zero-order valence-electron chi connectivity index (χ0n) is 13.3. The molecule has 0 radical (unpaired) electrons. The Balaban J connectivity index is 1.78. The van der Waals surface area contributed by atoms with Crippen molar-refractivity contribution in [2.75, 3.05) is 16.8 Å². The summed E-state index contributed by atoms with van der Waals surface area (Å²) < 4.78 is 0. The van der Waals surface area contributed by atoms with Crippen molar-refractivity contribution >= 4 is 17.5 Å². The number of hydrogen-bond acceptors (Lipinski definition) is 5. The molecule has 1 unspecified atom stereocenters. The fourth-order valence-corrected chi connectivity index (χ4v) is 2.95. The molecule has 1 aromatic heterocycles. The van der Waals surface area contributed by atoms with Gasteiger partial charge in [-0.05, 0) is 44.7 Å². The van der Waals surface area contributed by atoms with Gasteiger partial charge in [0.1, 0.15) is 0 Å². The maximum Gasteiger partial charge on any atom is 0.247 e. The Morgan fingerprint density at radius 1 is 1.23 bits per heavy atom. The molecule has 2 aromatic rings. The van der Waals surface area contributed by atoms with Gasteiger partial charge in [-0.3, -0.25) is 0 Å². The lowest BCUT2D eigenvalue weighted by molar-refractivity contribution is 0.442. The molecule has 0 amide bonds. The molecule has 1 N–H and O–H groups in total. The largest absolute Gasteiger partial charge is 0.339 e. The van der Waals surface area contributed by atoms with Crippen LogP contribution in [0.4, 0.5) is 17.5 Å². The van der Waals surface area contributed by atoms with Gasteiger partial charge in [0.25, 0.3) is 0 Å². The Bertz CT molecular complexity index is 611. The van der Waals surface area contributed by atoms with E-state index in [0.717, 1.165) is 30.4 Å². The topological polar surface area (TPSA) is 53.9 Å². The second-order valence-electron chi connectivity index (χ2n) is 5.88. The summed E-state index contributed by atoms with van der Waals surface area (Å²) in [6, 6.07) is 8.79. The van der Waals surface area contributed by atoms with Gasteiger partial charge in [-0.25, -0.2) is 0 Å². The van der Waals surface area contributed by atoms with Gasteiger partial charge in [-0.15, -0.1) is 5.10 Å². The van der Waals surface area contributed by atoms with Crippen molar-refractivity contribution in [1.29, 1.82) is 0 Å². The van der Waals surface area contributed by atoms with Gasteiger partial charge >= 0.3 is 0 Å². The second kappa shape index (κ2) is 6.73. The molecule has 5 heteroatoms. The molecule has 1 atom stereocenters. The van der Waals surface area contributed by atoms with E-state index in [0.29, 0.717) is 6.04 Å². The van der Waals surface area contributed by atoms with Gasteiger partial charge in [-0.2, -0.15) is 10.1 Å². The van der Waals surface area contributed by atoms with Gasteiger partial charge in [0.15, 0.2) is 5.82 Å². The predicted octanol–water partition coefficient (Wildman–Crippen LogP) is 3.69. The maximum absolute atomic E-state index is 4.65. The van der Waals surface area contributed by atoms with E-state index in [1.165, 1.54) is 24.8 Å². The average molecular weight is 297 g/mol. The lowest BCUT2D eigenvalue weighted by atomic mass is 10.0. The zero-order chi connectivity index (χ0) is 15.4. The van der Waals surface area contributed by atoms with Crippen molar-refractivity contribution < 1.29 is 0 Å². The first kappa shape index (κ1) is 14.8. The lowest BCUT2D eigenvalue weighted by Crippen LogP contribution is -2.40. The average Bonchev–Trinajstić information content (AvgIpc) is 2.57. The summed E-state index contributed by atoms with van der Waals surface area (Å²) in [5.41, 5.74) is 2.26. The highest BCUT2D eigenvalue weighted by Gasteiger charge is 2.23. The van der Waals surface area contributed by atoms with E-state index in [9.17, 15) is 0 Å². The van der Waals surface area contributed by atoms with Crippen LogP contribution in [0.15, 0.2) is 30.5 Å². The molecule has 22 heavy (non-hydrogen) atoms. The molecule has 1 aliphatic rings. The summed E-state index contributed by atoms with van der Waals surface area (Å²) in [7, 11) is 0. The van der Waals surface area contributed by atoms with E-state index in [4.69, 9.17) is 0 Å². The standard InChI is InChI=1S/C17H23N5/c1-3-15-6-4-5-11-22(15)17-20-16(12-18-21-17)19-14-9-7-13(2)8-10-14/h7-10,12,15H,3-6,11H2,1-2H3,(H,19,20,21). The third-order valence-corrected chi connectivity index (χ3v) is 4.23. The molecule has 0 aliphatic carbocycles. The van der Waals surface area contributed by atoms with Crippen molar-refractivity contribution in [3.63, 3.8) is 0 Å². The number of piperidine rings is 1. The molecular formula is C17H23N5. The van der Waals surface area contributed by atoms with Crippen LogP contribution < -0.4 is 10.2 Å². The summed E-state index contributed by atoms with van der Waals surface area (Å²) >= 11 is 0. The third kappa shape index (κ3) is 3.35. The number of nitrogens with zero attached hydrogens (tertiary/aromatic N) is 4. The summed E-state index contributed by atoms with van der Waals surface area (Å²) in [4.78, 5) is 6.96.